The van der Waals surface area contributed by atoms with Crippen LogP contribution in [0, 0.1) is 0 Å². The minimum atomic E-state index is 0.279. The van der Waals surface area contributed by atoms with Crippen molar-refractivity contribution in [2.75, 3.05) is 31.4 Å². The lowest BCUT2D eigenvalue weighted by Gasteiger charge is -2.12. The maximum Gasteiger partial charge on any atom is 0.328 e. The van der Waals surface area contributed by atoms with Crippen molar-refractivity contribution < 1.29 is 4.74 Å². The Morgan fingerprint density at radius 3 is 2.38 bits per heavy atom. The van der Waals surface area contributed by atoms with Gasteiger partial charge in [-0.15, -0.1) is 0 Å². The summed E-state index contributed by atoms with van der Waals surface area (Å²) >= 11 is 0. The van der Waals surface area contributed by atoms with Crippen LogP contribution in [0.5, 0.6) is 11.8 Å². The molecule has 1 aromatic heterocycles. The summed E-state index contributed by atoms with van der Waals surface area (Å²) in [5, 5.41) is 2.91. The highest BCUT2D eigenvalue weighted by atomic mass is 16.5. The highest BCUT2D eigenvalue weighted by Gasteiger charge is 2.09. The fourth-order valence-corrected chi connectivity index (χ4v) is 1.82. The summed E-state index contributed by atoms with van der Waals surface area (Å²) in [4.78, 5) is 14.5. The van der Waals surface area contributed by atoms with Crippen molar-refractivity contribution in [3.8, 4) is 11.8 Å². The quantitative estimate of drug-likeness (QED) is 0.881. The molecule has 0 atom stereocenters. The zero-order valence-electron chi connectivity index (χ0n) is 12.9. The molecule has 1 heterocycles. The van der Waals surface area contributed by atoms with Crippen LogP contribution in [-0.2, 0) is 6.42 Å². The molecule has 0 amide bonds. The summed E-state index contributed by atoms with van der Waals surface area (Å²) in [7, 11) is 5.51. The van der Waals surface area contributed by atoms with E-state index >= 15 is 0 Å². The Bertz CT molecular complexity index is 583. The number of rotatable bonds is 6. The summed E-state index contributed by atoms with van der Waals surface area (Å²) in [5.41, 5.74) is 1.30. The molecule has 0 saturated heterocycles. The minimum absolute atomic E-state index is 0.279. The molecule has 2 aromatic rings. The highest BCUT2D eigenvalue weighted by molar-refractivity contribution is 5.38. The van der Waals surface area contributed by atoms with Crippen LogP contribution in [0.3, 0.4) is 0 Å². The van der Waals surface area contributed by atoms with Crippen LogP contribution in [0.2, 0.25) is 0 Å². The summed E-state index contributed by atoms with van der Waals surface area (Å²) in [5.74, 6) is 1.74. The Hall–Kier alpha value is -2.37. The monoisotopic (exact) mass is 287 g/mol. The topological polar surface area (TPSA) is 63.2 Å². The molecular formula is C15H21N5O. The molecule has 0 bridgehead atoms. The third kappa shape index (κ3) is 4.05. The number of anilines is 2. The lowest BCUT2D eigenvalue weighted by molar-refractivity contribution is 0.440. The van der Waals surface area contributed by atoms with Crippen molar-refractivity contribution in [3.05, 3.63) is 29.8 Å². The van der Waals surface area contributed by atoms with Gasteiger partial charge in [-0.05, 0) is 24.1 Å². The summed E-state index contributed by atoms with van der Waals surface area (Å²) in [6.07, 6.45) is 2.20. The van der Waals surface area contributed by atoms with E-state index < -0.39 is 0 Å². The van der Waals surface area contributed by atoms with E-state index in [1.54, 1.807) is 11.9 Å². The first-order valence-corrected chi connectivity index (χ1v) is 7.00. The third-order valence-corrected chi connectivity index (χ3v) is 2.90. The van der Waals surface area contributed by atoms with E-state index in [0.717, 1.165) is 12.8 Å². The van der Waals surface area contributed by atoms with Gasteiger partial charge in [-0.25, -0.2) is 0 Å². The second-order valence-corrected chi connectivity index (χ2v) is 4.88. The van der Waals surface area contributed by atoms with Crippen LogP contribution in [0.1, 0.15) is 18.9 Å². The molecule has 0 radical (unpaired) electrons. The molecular weight excluding hydrogens is 266 g/mol. The number of benzene rings is 1. The number of nitrogens with zero attached hydrogens (tertiary/aromatic N) is 4. The Morgan fingerprint density at radius 2 is 1.81 bits per heavy atom. The van der Waals surface area contributed by atoms with Crippen molar-refractivity contribution in [3.63, 3.8) is 0 Å². The molecule has 2 rings (SSSR count). The fourth-order valence-electron chi connectivity index (χ4n) is 1.82. The highest BCUT2D eigenvalue weighted by Crippen LogP contribution is 2.21. The fraction of sp³-hybridized carbons (Fsp3) is 0.400. The first kappa shape index (κ1) is 15.0. The van der Waals surface area contributed by atoms with Crippen LogP contribution in [0.4, 0.5) is 11.9 Å². The Morgan fingerprint density at radius 1 is 1.10 bits per heavy atom. The molecule has 0 aliphatic heterocycles. The van der Waals surface area contributed by atoms with E-state index in [0.29, 0.717) is 17.6 Å². The molecule has 0 unspecified atom stereocenters. The van der Waals surface area contributed by atoms with Crippen LogP contribution in [0.15, 0.2) is 24.3 Å². The van der Waals surface area contributed by atoms with E-state index in [1.807, 2.05) is 26.2 Å². The van der Waals surface area contributed by atoms with Crippen LogP contribution < -0.4 is 15.0 Å². The predicted molar refractivity (Wildman–Crippen MR) is 84.2 cm³/mol. The molecule has 0 saturated carbocycles. The van der Waals surface area contributed by atoms with Crippen LogP contribution in [-0.4, -0.2) is 36.1 Å². The van der Waals surface area contributed by atoms with Gasteiger partial charge in [0.05, 0.1) is 0 Å². The molecule has 21 heavy (non-hydrogen) atoms. The summed E-state index contributed by atoms with van der Waals surface area (Å²) < 4.78 is 5.72. The number of ether oxygens (including phenoxy) is 1. The van der Waals surface area contributed by atoms with Gasteiger partial charge < -0.3 is 15.0 Å². The number of aromatic nitrogens is 3. The molecule has 0 fully saturated rings. The lowest BCUT2D eigenvalue weighted by Crippen LogP contribution is -2.15. The van der Waals surface area contributed by atoms with Crippen LogP contribution in [0.25, 0.3) is 0 Å². The van der Waals surface area contributed by atoms with Gasteiger partial charge in [0.25, 0.3) is 0 Å². The molecule has 112 valence electrons. The van der Waals surface area contributed by atoms with Gasteiger partial charge in [-0.1, -0.05) is 25.5 Å². The van der Waals surface area contributed by atoms with E-state index in [2.05, 4.69) is 39.3 Å². The average Bonchev–Trinajstić information content (AvgIpc) is 2.49. The van der Waals surface area contributed by atoms with Gasteiger partial charge in [0.2, 0.25) is 11.9 Å². The second kappa shape index (κ2) is 6.88. The van der Waals surface area contributed by atoms with Gasteiger partial charge in [0.15, 0.2) is 0 Å². The third-order valence-electron chi connectivity index (χ3n) is 2.90. The molecule has 0 aliphatic carbocycles. The Kier molecular flexibility index (Phi) is 4.92. The molecule has 0 spiro atoms. The van der Waals surface area contributed by atoms with E-state index in [-0.39, 0.29) is 6.01 Å². The molecule has 0 aliphatic rings. The normalized spacial score (nSPS) is 10.3. The van der Waals surface area contributed by atoms with Crippen molar-refractivity contribution in [2.24, 2.45) is 0 Å². The first-order chi connectivity index (χ1) is 10.1. The van der Waals surface area contributed by atoms with Crippen molar-refractivity contribution in [1.82, 2.24) is 15.0 Å². The molecule has 6 heteroatoms. The first-order valence-electron chi connectivity index (χ1n) is 7.00. The largest absolute Gasteiger partial charge is 0.424 e. The summed E-state index contributed by atoms with van der Waals surface area (Å²) in [6, 6.07) is 8.27. The van der Waals surface area contributed by atoms with E-state index in [1.165, 1.54) is 5.56 Å². The zero-order valence-corrected chi connectivity index (χ0v) is 12.9. The van der Waals surface area contributed by atoms with Crippen molar-refractivity contribution >= 4 is 11.9 Å². The van der Waals surface area contributed by atoms with Crippen molar-refractivity contribution in [2.45, 2.75) is 19.8 Å². The molecule has 1 N–H and O–H groups in total. The predicted octanol–water partition coefficient (Wildman–Crippen LogP) is 2.72. The SMILES string of the molecule is CCCc1ccc(Oc2nc(NC)nc(N(C)C)n2)cc1. The summed E-state index contributed by atoms with van der Waals surface area (Å²) in [6.45, 7) is 2.16. The minimum Gasteiger partial charge on any atom is -0.424 e. The Labute approximate surface area is 125 Å². The van der Waals surface area contributed by atoms with Gasteiger partial charge in [-0.3, -0.25) is 0 Å². The smallest absolute Gasteiger partial charge is 0.328 e. The molecule has 6 nitrogen and oxygen atoms in total. The lowest BCUT2D eigenvalue weighted by atomic mass is 10.1. The van der Waals surface area contributed by atoms with Gasteiger partial charge in [0.1, 0.15) is 5.75 Å². The number of hydrogen-bond acceptors (Lipinski definition) is 6. The Balaban J connectivity index is 2.19. The number of aryl methyl sites for hydroxylation is 1. The maximum atomic E-state index is 5.72. The zero-order chi connectivity index (χ0) is 15.2. The van der Waals surface area contributed by atoms with E-state index in [9.17, 15) is 0 Å². The van der Waals surface area contributed by atoms with Crippen molar-refractivity contribution in [1.29, 1.82) is 0 Å². The van der Waals surface area contributed by atoms with Gasteiger partial charge >= 0.3 is 6.01 Å². The molecule has 1 aromatic carbocycles. The number of nitrogens with one attached hydrogen (secondary N) is 1. The number of hydrogen-bond donors (Lipinski definition) is 1. The van der Waals surface area contributed by atoms with Crippen LogP contribution >= 0.6 is 0 Å². The van der Waals surface area contributed by atoms with E-state index in [4.69, 9.17) is 4.74 Å². The van der Waals surface area contributed by atoms with Gasteiger partial charge in [0, 0.05) is 21.1 Å². The standard InChI is InChI=1S/C15H21N5O/c1-5-6-11-7-9-12(10-8-11)21-15-18-13(16-2)17-14(19-15)20(3)4/h7-10H,5-6H2,1-4H3,(H,16,17,18,19). The van der Waals surface area contributed by atoms with Gasteiger partial charge in [-0.2, -0.15) is 15.0 Å². The average molecular weight is 287 g/mol. The second-order valence-electron chi connectivity index (χ2n) is 4.88. The maximum absolute atomic E-state index is 5.72.